The summed E-state index contributed by atoms with van der Waals surface area (Å²) in [7, 11) is 1.59. The topological polar surface area (TPSA) is 89.0 Å². The fourth-order valence-electron chi connectivity index (χ4n) is 3.25. The molecule has 1 aliphatic rings. The molecule has 3 aromatic rings. The van der Waals surface area contributed by atoms with E-state index in [-0.39, 0.29) is 17.4 Å². The highest BCUT2D eigenvalue weighted by Gasteiger charge is 2.23. The molecule has 0 bridgehead atoms. The fraction of sp³-hybridized carbons (Fsp3) is 0.278. The highest BCUT2D eigenvalue weighted by Crippen LogP contribution is 2.23. The number of rotatable bonds is 4. The van der Waals surface area contributed by atoms with E-state index in [1.807, 2.05) is 29.0 Å². The molecule has 1 aliphatic heterocycles. The normalized spacial score (nSPS) is 17.0. The molecule has 4 rings (SSSR count). The van der Waals surface area contributed by atoms with E-state index in [1.165, 1.54) is 0 Å². The highest BCUT2D eigenvalue weighted by molar-refractivity contribution is 5.83. The second-order valence-electron chi connectivity index (χ2n) is 6.24. The Balaban J connectivity index is 1.72. The SMILES string of the molecule is COc1ccc2cc(-c3nccn3CC3CNC(=O)C3)c(=O)[nH]c2c1. The van der Waals surface area contributed by atoms with E-state index >= 15 is 0 Å². The molecule has 1 saturated heterocycles. The van der Waals surface area contributed by atoms with Gasteiger partial charge in [0.05, 0.1) is 18.2 Å². The van der Waals surface area contributed by atoms with Crippen molar-refractivity contribution in [3.63, 3.8) is 0 Å². The van der Waals surface area contributed by atoms with Gasteiger partial charge >= 0.3 is 0 Å². The lowest BCUT2D eigenvalue weighted by Crippen LogP contribution is -2.17. The van der Waals surface area contributed by atoms with E-state index < -0.39 is 0 Å². The molecule has 25 heavy (non-hydrogen) atoms. The zero-order valence-corrected chi connectivity index (χ0v) is 13.8. The molecular formula is C18H18N4O3. The molecular weight excluding hydrogens is 320 g/mol. The quantitative estimate of drug-likeness (QED) is 0.755. The molecule has 1 atom stereocenters. The maximum absolute atomic E-state index is 12.6. The van der Waals surface area contributed by atoms with Crippen LogP contribution in [0.5, 0.6) is 5.75 Å². The second-order valence-corrected chi connectivity index (χ2v) is 6.24. The molecule has 2 aromatic heterocycles. The number of nitrogens with zero attached hydrogens (tertiary/aromatic N) is 2. The van der Waals surface area contributed by atoms with E-state index in [2.05, 4.69) is 15.3 Å². The Bertz CT molecular complexity index is 1000. The Hall–Kier alpha value is -3.09. The van der Waals surface area contributed by atoms with Crippen LogP contribution >= 0.6 is 0 Å². The van der Waals surface area contributed by atoms with Crippen molar-refractivity contribution in [3.05, 3.63) is 47.0 Å². The van der Waals surface area contributed by atoms with Crippen LogP contribution in [0.15, 0.2) is 41.5 Å². The third kappa shape index (κ3) is 2.88. The van der Waals surface area contributed by atoms with Gasteiger partial charge < -0.3 is 19.6 Å². The number of pyridine rings is 1. The summed E-state index contributed by atoms with van der Waals surface area (Å²) in [6.45, 7) is 1.30. The van der Waals surface area contributed by atoms with Gasteiger partial charge in [0.15, 0.2) is 0 Å². The summed E-state index contributed by atoms with van der Waals surface area (Å²) in [5.41, 5.74) is 1.03. The molecule has 128 valence electrons. The van der Waals surface area contributed by atoms with Crippen molar-refractivity contribution in [2.75, 3.05) is 13.7 Å². The third-order valence-electron chi connectivity index (χ3n) is 4.53. The standard InChI is InChI=1S/C18H18N4O3/c1-25-13-3-2-12-7-14(18(24)21-15(12)8-13)17-19-4-5-22(17)10-11-6-16(23)20-9-11/h2-5,7-8,11H,6,9-10H2,1H3,(H,20,23)(H,21,24). The van der Waals surface area contributed by atoms with Crippen molar-refractivity contribution in [3.8, 4) is 17.1 Å². The monoisotopic (exact) mass is 338 g/mol. The predicted molar refractivity (Wildman–Crippen MR) is 93.5 cm³/mol. The van der Waals surface area contributed by atoms with Gasteiger partial charge in [-0.1, -0.05) is 0 Å². The Morgan fingerprint density at radius 2 is 2.20 bits per heavy atom. The lowest BCUT2D eigenvalue weighted by molar-refractivity contribution is -0.119. The Labute approximate surface area is 143 Å². The number of imidazole rings is 1. The summed E-state index contributed by atoms with van der Waals surface area (Å²) in [5, 5.41) is 3.74. The molecule has 1 fully saturated rings. The number of hydrogen-bond donors (Lipinski definition) is 2. The molecule has 0 spiro atoms. The highest BCUT2D eigenvalue weighted by atomic mass is 16.5. The van der Waals surface area contributed by atoms with E-state index in [9.17, 15) is 9.59 Å². The van der Waals surface area contributed by atoms with Gasteiger partial charge in [-0.15, -0.1) is 0 Å². The first kappa shape index (κ1) is 15.4. The molecule has 1 unspecified atom stereocenters. The minimum Gasteiger partial charge on any atom is -0.497 e. The molecule has 1 amide bonds. The van der Waals surface area contributed by atoms with Crippen LogP contribution in [0.4, 0.5) is 0 Å². The number of carbonyl (C=O) groups excluding carboxylic acids is 1. The van der Waals surface area contributed by atoms with Gasteiger partial charge in [-0.3, -0.25) is 9.59 Å². The number of ether oxygens (including phenoxy) is 1. The summed E-state index contributed by atoms with van der Waals surface area (Å²) in [4.78, 5) is 31.2. The number of hydrogen-bond acceptors (Lipinski definition) is 4. The molecule has 0 aliphatic carbocycles. The molecule has 0 saturated carbocycles. The lowest BCUT2D eigenvalue weighted by Gasteiger charge is -2.12. The number of aromatic nitrogens is 3. The first-order chi connectivity index (χ1) is 12.1. The average molecular weight is 338 g/mol. The van der Waals surface area contributed by atoms with Crippen LogP contribution < -0.4 is 15.6 Å². The average Bonchev–Trinajstić information content (AvgIpc) is 3.23. The number of fused-ring (bicyclic) bond motifs is 1. The Kier molecular flexibility index (Phi) is 3.76. The number of H-pyrrole nitrogens is 1. The van der Waals surface area contributed by atoms with Crippen LogP contribution in [0, 0.1) is 5.92 Å². The van der Waals surface area contributed by atoms with Crippen LogP contribution in [0.3, 0.4) is 0 Å². The van der Waals surface area contributed by atoms with E-state index in [0.29, 0.717) is 36.6 Å². The van der Waals surface area contributed by atoms with E-state index in [4.69, 9.17) is 4.74 Å². The van der Waals surface area contributed by atoms with Gasteiger partial charge in [0.2, 0.25) is 5.91 Å². The fourth-order valence-corrected chi connectivity index (χ4v) is 3.25. The zero-order chi connectivity index (χ0) is 17.4. The summed E-state index contributed by atoms with van der Waals surface area (Å²) >= 11 is 0. The van der Waals surface area contributed by atoms with Crippen molar-refractivity contribution >= 4 is 16.8 Å². The number of carbonyl (C=O) groups is 1. The maximum atomic E-state index is 12.6. The molecule has 0 radical (unpaired) electrons. The largest absolute Gasteiger partial charge is 0.497 e. The van der Waals surface area contributed by atoms with Crippen molar-refractivity contribution in [2.24, 2.45) is 5.92 Å². The minimum absolute atomic E-state index is 0.0733. The lowest BCUT2D eigenvalue weighted by atomic mass is 10.1. The molecule has 1 aromatic carbocycles. The van der Waals surface area contributed by atoms with Gasteiger partial charge in [-0.05, 0) is 23.6 Å². The van der Waals surface area contributed by atoms with Gasteiger partial charge in [0.25, 0.3) is 5.56 Å². The van der Waals surface area contributed by atoms with Crippen LogP contribution in [-0.2, 0) is 11.3 Å². The van der Waals surface area contributed by atoms with Crippen LogP contribution in [-0.4, -0.2) is 34.1 Å². The minimum atomic E-state index is -0.200. The van der Waals surface area contributed by atoms with Crippen molar-refractivity contribution in [1.82, 2.24) is 19.9 Å². The number of methoxy groups -OCH3 is 1. The van der Waals surface area contributed by atoms with Crippen LogP contribution in [0.2, 0.25) is 0 Å². The van der Waals surface area contributed by atoms with Crippen LogP contribution in [0.25, 0.3) is 22.3 Å². The number of benzene rings is 1. The van der Waals surface area contributed by atoms with Crippen molar-refractivity contribution in [1.29, 1.82) is 0 Å². The molecule has 2 N–H and O–H groups in total. The second kappa shape index (κ2) is 6.08. The van der Waals surface area contributed by atoms with E-state index in [1.54, 1.807) is 19.4 Å². The first-order valence-corrected chi connectivity index (χ1v) is 8.13. The summed E-state index contributed by atoms with van der Waals surface area (Å²) in [5.74, 6) is 1.59. The third-order valence-corrected chi connectivity index (χ3v) is 4.53. The van der Waals surface area contributed by atoms with Gasteiger partial charge in [0.1, 0.15) is 11.6 Å². The van der Waals surface area contributed by atoms with Crippen LogP contribution in [0.1, 0.15) is 6.42 Å². The molecule has 7 nitrogen and oxygen atoms in total. The maximum Gasteiger partial charge on any atom is 0.259 e. The molecule has 3 heterocycles. The number of nitrogens with one attached hydrogen (secondary N) is 2. The summed E-state index contributed by atoms with van der Waals surface area (Å²) < 4.78 is 7.13. The number of aromatic amines is 1. The number of amides is 1. The summed E-state index contributed by atoms with van der Waals surface area (Å²) in [6, 6.07) is 7.39. The predicted octanol–water partition coefficient (Wildman–Crippen LogP) is 1.54. The Morgan fingerprint density at radius 1 is 1.32 bits per heavy atom. The van der Waals surface area contributed by atoms with Gasteiger partial charge in [-0.25, -0.2) is 4.98 Å². The smallest absolute Gasteiger partial charge is 0.259 e. The van der Waals surface area contributed by atoms with E-state index in [0.717, 1.165) is 10.9 Å². The van der Waals surface area contributed by atoms with Crippen molar-refractivity contribution < 1.29 is 9.53 Å². The first-order valence-electron chi connectivity index (χ1n) is 8.13. The Morgan fingerprint density at radius 3 is 2.96 bits per heavy atom. The van der Waals surface area contributed by atoms with Gasteiger partial charge in [0, 0.05) is 43.9 Å². The summed E-state index contributed by atoms with van der Waals surface area (Å²) in [6.07, 6.45) is 4.03. The van der Waals surface area contributed by atoms with Crippen molar-refractivity contribution in [2.45, 2.75) is 13.0 Å². The van der Waals surface area contributed by atoms with Gasteiger partial charge in [-0.2, -0.15) is 0 Å². The molecule has 7 heteroatoms. The zero-order valence-electron chi connectivity index (χ0n) is 13.8.